The second-order valence-corrected chi connectivity index (χ2v) is 9.43. The minimum absolute atomic E-state index is 0.0224. The maximum Gasteiger partial charge on any atom is 0.229 e. The number of fused-ring (bicyclic) bond motifs is 3. The fourth-order valence-electron chi connectivity index (χ4n) is 5.00. The molecule has 0 bridgehead atoms. The molecule has 2 heterocycles. The molecule has 0 amide bonds. The molecule has 40 heavy (non-hydrogen) atoms. The van der Waals surface area contributed by atoms with Crippen LogP contribution in [0.4, 0.5) is 5.69 Å². The molecule has 0 fully saturated rings. The van der Waals surface area contributed by atoms with Crippen molar-refractivity contribution in [2.45, 2.75) is 32.3 Å². The Morgan fingerprint density at radius 1 is 1.20 bits per heavy atom. The number of ether oxygens (including phenoxy) is 4. The van der Waals surface area contributed by atoms with Crippen LogP contribution in [-0.4, -0.2) is 40.0 Å². The lowest BCUT2D eigenvalue weighted by Gasteiger charge is -2.28. The van der Waals surface area contributed by atoms with E-state index in [1.165, 1.54) is 0 Å². The Bertz CT molecular complexity index is 1440. The van der Waals surface area contributed by atoms with Crippen molar-refractivity contribution in [1.82, 2.24) is 0 Å². The van der Waals surface area contributed by atoms with E-state index in [1.807, 2.05) is 49.4 Å². The lowest BCUT2D eigenvalue weighted by Crippen LogP contribution is -2.35. The number of methoxy groups -OCH3 is 3. The van der Waals surface area contributed by atoms with Gasteiger partial charge in [0.1, 0.15) is 23.0 Å². The van der Waals surface area contributed by atoms with Gasteiger partial charge < -0.3 is 28.0 Å². The minimum atomic E-state index is -0.830. The number of hydrogen-bond donors (Lipinski definition) is 1. The number of nitrogens with zero attached hydrogens (tertiary/aromatic N) is 2. The highest BCUT2D eigenvalue weighted by molar-refractivity contribution is 7.93. The highest BCUT2D eigenvalue weighted by Crippen LogP contribution is 2.57. The quantitative estimate of drug-likeness (QED) is 0.0898. The van der Waals surface area contributed by atoms with Gasteiger partial charge in [-0.3, -0.25) is 5.41 Å². The molecule has 9 heteroatoms. The minimum Gasteiger partial charge on any atom is -0.497 e. The molecule has 208 valence electrons. The predicted octanol–water partition coefficient (Wildman–Crippen LogP) is 6.42. The van der Waals surface area contributed by atoms with Crippen LogP contribution in [0.25, 0.3) is 0 Å². The highest BCUT2D eigenvalue weighted by atomic mass is 32.2. The normalized spacial score (nSPS) is 18.6. The average Bonchev–Trinajstić information content (AvgIpc) is 3.48. The number of hydrogen-bond acceptors (Lipinski definition) is 9. The molecule has 0 saturated carbocycles. The number of anilines is 1. The smallest absolute Gasteiger partial charge is 0.229 e. The molecule has 8 nitrogen and oxygen atoms in total. The van der Waals surface area contributed by atoms with Gasteiger partial charge in [0.2, 0.25) is 18.1 Å². The molecule has 0 aliphatic carbocycles. The average molecular weight is 560 g/mol. The van der Waals surface area contributed by atoms with Gasteiger partial charge in [0.05, 0.1) is 27.0 Å². The molecule has 2 aliphatic rings. The SMILES string of the molecule is C#CC/C=C(\C=C/C)C(=N)OS/N=C\C=C1/N(CC)c2ccc(OC)cc2C12Cc1c(OC)cc(OC)cc1O2. The van der Waals surface area contributed by atoms with Gasteiger partial charge in [0.15, 0.2) is 5.60 Å². The lowest BCUT2D eigenvalue weighted by atomic mass is 9.87. The van der Waals surface area contributed by atoms with Crippen molar-refractivity contribution >= 4 is 30.0 Å². The third kappa shape index (κ3) is 5.40. The van der Waals surface area contributed by atoms with Crippen LogP contribution in [0.2, 0.25) is 0 Å². The Hall–Kier alpha value is -4.29. The summed E-state index contributed by atoms with van der Waals surface area (Å²) in [5.74, 6) is 5.32. The zero-order valence-electron chi connectivity index (χ0n) is 23.3. The van der Waals surface area contributed by atoms with E-state index in [0.717, 1.165) is 40.5 Å². The fourth-order valence-corrected chi connectivity index (χ4v) is 5.32. The molecule has 0 radical (unpaired) electrons. The van der Waals surface area contributed by atoms with E-state index in [0.29, 0.717) is 42.2 Å². The molecular formula is C31H33N3O5S. The molecule has 4 rings (SSSR count). The number of terminal acetylenes is 1. The molecule has 0 saturated heterocycles. The third-order valence-electron chi connectivity index (χ3n) is 6.76. The van der Waals surface area contributed by atoms with Gasteiger partial charge in [0, 0.05) is 60.1 Å². The van der Waals surface area contributed by atoms with Gasteiger partial charge in [-0.2, -0.15) is 4.40 Å². The molecule has 0 aromatic heterocycles. The van der Waals surface area contributed by atoms with Crippen molar-refractivity contribution < 1.29 is 23.1 Å². The van der Waals surface area contributed by atoms with Gasteiger partial charge in [-0.25, -0.2) is 0 Å². The molecule has 1 atom stereocenters. The first-order valence-electron chi connectivity index (χ1n) is 12.8. The maximum atomic E-state index is 8.21. The lowest BCUT2D eigenvalue weighted by molar-refractivity contribution is 0.140. The summed E-state index contributed by atoms with van der Waals surface area (Å²) in [5, 5.41) is 8.21. The van der Waals surface area contributed by atoms with E-state index in [9.17, 15) is 0 Å². The number of likely N-dealkylation sites (N-methyl/N-ethyl adjacent to an activating group) is 1. The molecule has 1 unspecified atom stereocenters. The predicted molar refractivity (Wildman–Crippen MR) is 161 cm³/mol. The van der Waals surface area contributed by atoms with Crippen LogP contribution in [-0.2, 0) is 16.2 Å². The Kier molecular flexibility index (Phi) is 9.12. The standard InChI is InChI=1S/C31H33N3O5S/c1-7-10-12-21(11-8-2)30(32)39-40-33-16-15-29-31(25-17-22(35-4)13-14-26(25)34(29)9-3)20-24-27(37-6)18-23(36-5)19-28(24)38-31/h1,8,11-19,32H,9-10,20H2,2-6H3/b11-8-,21-12+,29-15-,32-30?,33-16-. The second kappa shape index (κ2) is 12.7. The van der Waals surface area contributed by atoms with Crippen LogP contribution in [0, 0.1) is 17.8 Å². The van der Waals surface area contributed by atoms with Crippen LogP contribution in [0.1, 0.15) is 31.4 Å². The van der Waals surface area contributed by atoms with Gasteiger partial charge >= 0.3 is 0 Å². The summed E-state index contributed by atoms with van der Waals surface area (Å²) >= 11 is 0.819. The summed E-state index contributed by atoms with van der Waals surface area (Å²) in [4.78, 5) is 2.21. The first-order chi connectivity index (χ1) is 19.5. The van der Waals surface area contributed by atoms with Crippen molar-refractivity contribution in [3.8, 4) is 35.3 Å². The van der Waals surface area contributed by atoms with E-state index in [1.54, 1.807) is 39.7 Å². The molecule has 1 N–H and O–H groups in total. The maximum absolute atomic E-state index is 8.21. The Morgan fingerprint density at radius 3 is 2.67 bits per heavy atom. The third-order valence-corrected chi connectivity index (χ3v) is 7.21. The van der Waals surface area contributed by atoms with E-state index in [-0.39, 0.29) is 5.90 Å². The van der Waals surface area contributed by atoms with Crippen LogP contribution in [0.5, 0.6) is 23.0 Å². The Morgan fingerprint density at radius 2 is 2.00 bits per heavy atom. The van der Waals surface area contributed by atoms with Crippen LogP contribution >= 0.6 is 12.2 Å². The number of benzene rings is 2. The monoisotopic (exact) mass is 559 g/mol. The van der Waals surface area contributed by atoms with E-state index in [2.05, 4.69) is 22.1 Å². The largest absolute Gasteiger partial charge is 0.497 e. The summed E-state index contributed by atoms with van der Waals surface area (Å²) < 4.78 is 33.4. The van der Waals surface area contributed by atoms with Crippen molar-refractivity contribution in [2.75, 3.05) is 32.8 Å². The fraction of sp³-hybridized carbons (Fsp3) is 0.290. The zero-order chi connectivity index (χ0) is 28.7. The van der Waals surface area contributed by atoms with Crippen molar-refractivity contribution in [1.29, 1.82) is 5.41 Å². The molecule has 2 aromatic rings. The van der Waals surface area contributed by atoms with Crippen molar-refractivity contribution in [2.24, 2.45) is 4.40 Å². The van der Waals surface area contributed by atoms with Crippen molar-refractivity contribution in [3.63, 3.8) is 0 Å². The highest BCUT2D eigenvalue weighted by Gasteiger charge is 2.53. The van der Waals surface area contributed by atoms with Crippen molar-refractivity contribution in [3.05, 3.63) is 77.0 Å². The number of nitrogens with one attached hydrogen (secondary N) is 1. The molecule has 2 aromatic carbocycles. The summed E-state index contributed by atoms with van der Waals surface area (Å²) in [7, 11) is 4.92. The summed E-state index contributed by atoms with van der Waals surface area (Å²) in [6, 6.07) is 9.78. The van der Waals surface area contributed by atoms with Crippen LogP contribution in [0.3, 0.4) is 0 Å². The number of rotatable bonds is 10. The van der Waals surface area contributed by atoms with Gasteiger partial charge in [0.25, 0.3) is 0 Å². The van der Waals surface area contributed by atoms with Gasteiger partial charge in [-0.1, -0.05) is 18.2 Å². The van der Waals surface area contributed by atoms with Crippen LogP contribution in [0.15, 0.2) is 70.3 Å². The van der Waals surface area contributed by atoms with E-state index < -0.39 is 5.60 Å². The summed E-state index contributed by atoms with van der Waals surface area (Å²) in [5.41, 5.74) is 3.66. The van der Waals surface area contributed by atoms with Crippen LogP contribution < -0.4 is 23.8 Å². The molecule has 2 aliphatic heterocycles. The summed E-state index contributed by atoms with van der Waals surface area (Å²) in [6.07, 6.45) is 15.3. The van der Waals surface area contributed by atoms with E-state index in [4.69, 9.17) is 35.0 Å². The molecule has 1 spiro atoms. The van der Waals surface area contributed by atoms with E-state index >= 15 is 0 Å². The first-order valence-corrected chi connectivity index (χ1v) is 13.5. The number of allylic oxidation sites excluding steroid dienone is 3. The second-order valence-electron chi connectivity index (χ2n) is 8.90. The Labute approximate surface area is 240 Å². The topological polar surface area (TPSA) is 85.6 Å². The van der Waals surface area contributed by atoms with Gasteiger partial charge in [-0.15, -0.1) is 12.3 Å². The first kappa shape index (κ1) is 28.7. The summed E-state index contributed by atoms with van der Waals surface area (Å²) in [6.45, 7) is 4.67. The Balaban J connectivity index is 1.68. The van der Waals surface area contributed by atoms with Gasteiger partial charge in [-0.05, 0) is 38.1 Å². The molecular weight excluding hydrogens is 526 g/mol. The zero-order valence-corrected chi connectivity index (χ0v) is 24.1.